The van der Waals surface area contributed by atoms with Crippen LogP contribution in [-0.4, -0.2) is 31.9 Å². The van der Waals surface area contributed by atoms with Crippen molar-refractivity contribution in [1.82, 2.24) is 20.3 Å². The lowest BCUT2D eigenvalue weighted by atomic mass is 10.1. The molecule has 2 aromatic rings. The van der Waals surface area contributed by atoms with Crippen LogP contribution in [0.4, 0.5) is 0 Å². The maximum absolute atomic E-state index is 12.2. The van der Waals surface area contributed by atoms with E-state index < -0.39 is 5.97 Å². The fourth-order valence-corrected chi connectivity index (χ4v) is 2.07. The van der Waals surface area contributed by atoms with Gasteiger partial charge in [0.15, 0.2) is 0 Å². The Balaban J connectivity index is 2.14. The number of hydrogen-bond acceptors (Lipinski definition) is 4. The molecule has 1 amide bonds. The summed E-state index contributed by atoms with van der Waals surface area (Å²) in [5.74, 6) is -1.42. The monoisotopic (exact) mass is 288 g/mol. The number of amides is 1. The van der Waals surface area contributed by atoms with Crippen molar-refractivity contribution in [2.75, 3.05) is 0 Å². The standard InChI is InChI=1S/C14H16N4O3/c1-7-4-16-10(5-15-7)6-17-13(19)11-8(2)12(14(20)21)18-9(11)3/h4-5,18H,6H2,1-3H3,(H,17,19)(H,20,21). The highest BCUT2D eigenvalue weighted by Gasteiger charge is 2.21. The van der Waals surface area contributed by atoms with Gasteiger partial charge in [0.2, 0.25) is 0 Å². The van der Waals surface area contributed by atoms with Gasteiger partial charge in [-0.3, -0.25) is 14.8 Å². The van der Waals surface area contributed by atoms with Crippen LogP contribution >= 0.6 is 0 Å². The Morgan fingerprint density at radius 2 is 1.95 bits per heavy atom. The highest BCUT2D eigenvalue weighted by atomic mass is 16.4. The molecule has 0 aliphatic carbocycles. The second-order valence-corrected chi connectivity index (χ2v) is 4.76. The van der Waals surface area contributed by atoms with Crippen LogP contribution in [-0.2, 0) is 6.54 Å². The zero-order chi connectivity index (χ0) is 15.6. The minimum absolute atomic E-state index is 0.0350. The van der Waals surface area contributed by atoms with Crippen LogP contribution in [0.1, 0.15) is 43.5 Å². The molecule has 110 valence electrons. The highest BCUT2D eigenvalue weighted by molar-refractivity contribution is 6.00. The van der Waals surface area contributed by atoms with E-state index in [9.17, 15) is 9.59 Å². The molecule has 0 atom stereocenters. The highest BCUT2D eigenvalue weighted by Crippen LogP contribution is 2.17. The molecule has 0 aliphatic rings. The number of aromatic nitrogens is 3. The van der Waals surface area contributed by atoms with Gasteiger partial charge in [-0.25, -0.2) is 4.79 Å². The summed E-state index contributed by atoms with van der Waals surface area (Å²) in [7, 11) is 0. The Bertz CT molecular complexity index is 689. The number of aromatic carboxylic acids is 1. The third-order valence-corrected chi connectivity index (χ3v) is 3.14. The van der Waals surface area contributed by atoms with Crippen molar-refractivity contribution < 1.29 is 14.7 Å². The smallest absolute Gasteiger partial charge is 0.352 e. The first kappa shape index (κ1) is 14.7. The van der Waals surface area contributed by atoms with Gasteiger partial charge in [-0.2, -0.15) is 0 Å². The molecule has 0 aliphatic heterocycles. The van der Waals surface area contributed by atoms with Crippen molar-refractivity contribution in [3.8, 4) is 0 Å². The van der Waals surface area contributed by atoms with Crippen molar-refractivity contribution in [3.63, 3.8) is 0 Å². The first-order chi connectivity index (χ1) is 9.90. The number of nitrogens with one attached hydrogen (secondary N) is 2. The minimum Gasteiger partial charge on any atom is -0.477 e. The predicted octanol–water partition coefficient (Wildman–Crippen LogP) is 1.36. The van der Waals surface area contributed by atoms with Crippen molar-refractivity contribution in [2.24, 2.45) is 0 Å². The van der Waals surface area contributed by atoms with Crippen LogP contribution in [0, 0.1) is 20.8 Å². The van der Waals surface area contributed by atoms with Crippen molar-refractivity contribution in [3.05, 3.63) is 46.3 Å². The number of H-pyrrole nitrogens is 1. The summed E-state index contributed by atoms with van der Waals surface area (Å²) in [6.45, 7) is 5.33. The largest absolute Gasteiger partial charge is 0.477 e. The van der Waals surface area contributed by atoms with E-state index in [2.05, 4.69) is 20.3 Å². The van der Waals surface area contributed by atoms with E-state index in [1.807, 2.05) is 6.92 Å². The molecule has 2 rings (SSSR count). The van der Waals surface area contributed by atoms with Gasteiger partial charge in [0.25, 0.3) is 5.91 Å². The van der Waals surface area contributed by atoms with Gasteiger partial charge in [-0.15, -0.1) is 0 Å². The first-order valence-corrected chi connectivity index (χ1v) is 6.38. The summed E-state index contributed by atoms with van der Waals surface area (Å²) in [4.78, 5) is 34.2. The molecule has 0 bridgehead atoms. The number of nitrogens with zero attached hydrogens (tertiary/aromatic N) is 2. The molecule has 2 heterocycles. The minimum atomic E-state index is -1.08. The molecule has 7 nitrogen and oxygen atoms in total. The molecule has 0 spiro atoms. The number of carbonyl (C=O) groups excluding carboxylic acids is 1. The second-order valence-electron chi connectivity index (χ2n) is 4.76. The Kier molecular flexibility index (Phi) is 4.02. The fraction of sp³-hybridized carbons (Fsp3) is 0.286. The molecular formula is C14H16N4O3. The molecule has 0 saturated heterocycles. The topological polar surface area (TPSA) is 108 Å². The van der Waals surface area contributed by atoms with Gasteiger partial charge >= 0.3 is 5.97 Å². The maximum atomic E-state index is 12.2. The zero-order valence-electron chi connectivity index (χ0n) is 12.0. The van der Waals surface area contributed by atoms with Crippen LogP contribution in [0.2, 0.25) is 0 Å². The lowest BCUT2D eigenvalue weighted by molar-refractivity contribution is 0.0690. The van der Waals surface area contributed by atoms with Gasteiger partial charge in [0.1, 0.15) is 5.69 Å². The van der Waals surface area contributed by atoms with E-state index in [0.717, 1.165) is 5.69 Å². The fourth-order valence-electron chi connectivity index (χ4n) is 2.07. The molecular weight excluding hydrogens is 272 g/mol. The van der Waals surface area contributed by atoms with E-state index in [-0.39, 0.29) is 18.1 Å². The Hall–Kier alpha value is -2.70. The molecule has 0 aromatic carbocycles. The number of hydrogen-bond donors (Lipinski definition) is 3. The Morgan fingerprint density at radius 1 is 1.24 bits per heavy atom. The van der Waals surface area contributed by atoms with Gasteiger partial charge in [0.05, 0.1) is 29.7 Å². The maximum Gasteiger partial charge on any atom is 0.352 e. The molecule has 7 heteroatoms. The van der Waals surface area contributed by atoms with E-state index in [1.165, 1.54) is 0 Å². The third kappa shape index (κ3) is 3.07. The number of rotatable bonds is 4. The zero-order valence-corrected chi connectivity index (χ0v) is 12.0. The third-order valence-electron chi connectivity index (χ3n) is 3.14. The quantitative estimate of drug-likeness (QED) is 0.787. The molecule has 0 saturated carbocycles. The predicted molar refractivity (Wildman–Crippen MR) is 75.2 cm³/mol. The van der Waals surface area contributed by atoms with Crippen molar-refractivity contribution in [2.45, 2.75) is 27.3 Å². The van der Waals surface area contributed by atoms with E-state index in [4.69, 9.17) is 5.11 Å². The summed E-state index contributed by atoms with van der Waals surface area (Å²) in [6, 6.07) is 0. The SMILES string of the molecule is Cc1cnc(CNC(=O)c2c(C)[nH]c(C(=O)O)c2C)cn1. The normalized spacial score (nSPS) is 10.4. The van der Waals surface area contributed by atoms with Crippen molar-refractivity contribution in [1.29, 1.82) is 0 Å². The number of aryl methyl sites for hydroxylation is 2. The van der Waals surface area contributed by atoms with Crippen LogP contribution in [0.5, 0.6) is 0 Å². The lowest BCUT2D eigenvalue weighted by Gasteiger charge is -2.05. The molecule has 0 fully saturated rings. The summed E-state index contributed by atoms with van der Waals surface area (Å²) in [5, 5.41) is 11.8. The number of carbonyl (C=O) groups is 2. The Morgan fingerprint density at radius 3 is 2.48 bits per heavy atom. The van der Waals surface area contributed by atoms with E-state index in [0.29, 0.717) is 22.5 Å². The van der Waals surface area contributed by atoms with Gasteiger partial charge in [-0.05, 0) is 26.3 Å². The molecule has 0 radical (unpaired) electrons. The summed E-state index contributed by atoms with van der Waals surface area (Å²) in [5.41, 5.74) is 2.77. The molecule has 21 heavy (non-hydrogen) atoms. The van der Waals surface area contributed by atoms with E-state index >= 15 is 0 Å². The molecule has 2 aromatic heterocycles. The second kappa shape index (κ2) is 5.74. The Labute approximate surface area is 121 Å². The molecule has 0 unspecified atom stereocenters. The molecule has 3 N–H and O–H groups in total. The average Bonchev–Trinajstić information content (AvgIpc) is 2.73. The number of aromatic amines is 1. The lowest BCUT2D eigenvalue weighted by Crippen LogP contribution is -2.24. The van der Waals surface area contributed by atoms with Crippen LogP contribution in [0.3, 0.4) is 0 Å². The van der Waals surface area contributed by atoms with Crippen molar-refractivity contribution >= 4 is 11.9 Å². The average molecular weight is 288 g/mol. The first-order valence-electron chi connectivity index (χ1n) is 6.38. The van der Waals surface area contributed by atoms with E-state index in [1.54, 1.807) is 26.2 Å². The van der Waals surface area contributed by atoms with Gasteiger partial charge < -0.3 is 15.4 Å². The summed E-state index contributed by atoms with van der Waals surface area (Å²) in [6.07, 6.45) is 3.21. The van der Waals surface area contributed by atoms with Crippen LogP contribution in [0.15, 0.2) is 12.4 Å². The van der Waals surface area contributed by atoms with Crippen LogP contribution in [0.25, 0.3) is 0 Å². The van der Waals surface area contributed by atoms with Gasteiger partial charge in [0, 0.05) is 11.9 Å². The number of carboxylic acid groups (broad SMARTS) is 1. The summed E-state index contributed by atoms with van der Waals surface area (Å²) >= 11 is 0. The van der Waals surface area contributed by atoms with Gasteiger partial charge in [-0.1, -0.05) is 0 Å². The van der Waals surface area contributed by atoms with Crippen LogP contribution < -0.4 is 5.32 Å². The number of carboxylic acids is 1. The summed E-state index contributed by atoms with van der Waals surface area (Å²) < 4.78 is 0.